The van der Waals surface area contributed by atoms with Gasteiger partial charge in [0.1, 0.15) is 0 Å². The summed E-state index contributed by atoms with van der Waals surface area (Å²) >= 11 is 0. The van der Waals surface area contributed by atoms with Crippen molar-refractivity contribution in [2.45, 2.75) is 71.1 Å². The lowest BCUT2D eigenvalue weighted by atomic mass is 10.0. The van der Waals surface area contributed by atoms with Crippen LogP contribution in [0.3, 0.4) is 0 Å². The smallest absolute Gasteiger partial charge is 0.0771 e. The first-order chi connectivity index (χ1) is 7.94. The van der Waals surface area contributed by atoms with Crippen LogP contribution >= 0.6 is 0 Å². The Kier molecular flexibility index (Phi) is 5.90. The summed E-state index contributed by atoms with van der Waals surface area (Å²) in [5.74, 6) is 0. The van der Waals surface area contributed by atoms with Crippen LogP contribution in [0.2, 0.25) is 0 Å². The van der Waals surface area contributed by atoms with Gasteiger partial charge in [-0.2, -0.15) is 0 Å². The molecule has 0 amide bonds. The molecular weight excluding hydrogens is 212 g/mol. The molecule has 1 fully saturated rings. The van der Waals surface area contributed by atoms with Gasteiger partial charge in [-0.15, -0.1) is 0 Å². The van der Waals surface area contributed by atoms with Crippen molar-refractivity contribution in [3.8, 4) is 0 Å². The van der Waals surface area contributed by atoms with Crippen molar-refractivity contribution in [2.24, 2.45) is 0 Å². The largest absolute Gasteiger partial charge is 0.389 e. The lowest BCUT2D eigenvalue weighted by Gasteiger charge is -2.31. The molecule has 0 spiro atoms. The van der Waals surface area contributed by atoms with Crippen LogP contribution in [0.25, 0.3) is 0 Å². The molecule has 0 aliphatic heterocycles. The Morgan fingerprint density at radius 1 is 1.12 bits per heavy atom. The number of nitrogens with one attached hydrogen (secondary N) is 1. The Labute approximate surface area is 107 Å². The van der Waals surface area contributed by atoms with Crippen LogP contribution < -0.4 is 5.32 Å². The summed E-state index contributed by atoms with van der Waals surface area (Å²) in [7, 11) is 0. The summed E-state index contributed by atoms with van der Waals surface area (Å²) < 4.78 is 0. The summed E-state index contributed by atoms with van der Waals surface area (Å²) in [5, 5.41) is 13.6. The van der Waals surface area contributed by atoms with E-state index < -0.39 is 5.60 Å². The summed E-state index contributed by atoms with van der Waals surface area (Å²) in [6.07, 6.45) is 4.31. The van der Waals surface area contributed by atoms with Crippen molar-refractivity contribution in [1.82, 2.24) is 10.2 Å². The van der Waals surface area contributed by atoms with E-state index in [2.05, 4.69) is 37.9 Å². The highest BCUT2D eigenvalue weighted by molar-refractivity contribution is 4.86. The number of aliphatic hydroxyl groups is 1. The highest BCUT2D eigenvalue weighted by Crippen LogP contribution is 2.28. The monoisotopic (exact) mass is 242 g/mol. The molecule has 2 N–H and O–H groups in total. The zero-order valence-corrected chi connectivity index (χ0v) is 12.0. The van der Waals surface area contributed by atoms with Gasteiger partial charge in [-0.3, -0.25) is 4.90 Å². The Morgan fingerprint density at radius 2 is 1.65 bits per heavy atom. The molecule has 1 aliphatic rings. The van der Waals surface area contributed by atoms with Gasteiger partial charge in [-0.05, 0) is 40.5 Å². The van der Waals surface area contributed by atoms with Crippen LogP contribution in [0, 0.1) is 0 Å². The first-order valence-electron chi connectivity index (χ1n) is 7.13. The van der Waals surface area contributed by atoms with Crippen LogP contribution in [0.5, 0.6) is 0 Å². The van der Waals surface area contributed by atoms with Crippen LogP contribution in [0.4, 0.5) is 0 Å². The minimum atomic E-state index is -0.416. The summed E-state index contributed by atoms with van der Waals surface area (Å²) in [5.41, 5.74) is -0.416. The quantitative estimate of drug-likeness (QED) is 0.670. The normalized spacial score (nSPS) is 19.8. The van der Waals surface area contributed by atoms with Crippen molar-refractivity contribution in [3.05, 3.63) is 0 Å². The minimum Gasteiger partial charge on any atom is -0.389 e. The van der Waals surface area contributed by atoms with Crippen molar-refractivity contribution in [3.63, 3.8) is 0 Å². The molecule has 0 atom stereocenters. The Bertz CT molecular complexity index is 202. The first-order valence-corrected chi connectivity index (χ1v) is 7.13. The molecule has 0 heterocycles. The fourth-order valence-electron chi connectivity index (χ4n) is 2.85. The van der Waals surface area contributed by atoms with Crippen molar-refractivity contribution in [2.75, 3.05) is 19.6 Å². The second-order valence-electron chi connectivity index (χ2n) is 6.03. The summed E-state index contributed by atoms with van der Waals surface area (Å²) in [4.78, 5) is 2.48. The number of rotatable bonds is 7. The second-order valence-corrected chi connectivity index (χ2v) is 6.03. The van der Waals surface area contributed by atoms with E-state index in [1.165, 1.54) is 12.8 Å². The van der Waals surface area contributed by atoms with Crippen LogP contribution in [0.15, 0.2) is 0 Å². The maximum Gasteiger partial charge on any atom is 0.0771 e. The SMILES string of the molecule is CC(C)N(CCNCC1(O)CCCC1)C(C)C. The van der Waals surface area contributed by atoms with Gasteiger partial charge < -0.3 is 10.4 Å². The third-order valence-electron chi connectivity index (χ3n) is 3.86. The summed E-state index contributed by atoms with van der Waals surface area (Å²) in [6, 6.07) is 1.18. The third-order valence-corrected chi connectivity index (χ3v) is 3.86. The molecular formula is C14H30N2O. The van der Waals surface area contributed by atoms with Gasteiger partial charge in [0.2, 0.25) is 0 Å². The molecule has 0 radical (unpaired) electrons. The van der Waals surface area contributed by atoms with Gasteiger partial charge in [-0.1, -0.05) is 12.8 Å². The molecule has 1 rings (SSSR count). The number of hydrogen-bond donors (Lipinski definition) is 2. The molecule has 0 saturated heterocycles. The van der Waals surface area contributed by atoms with E-state index in [1.54, 1.807) is 0 Å². The highest BCUT2D eigenvalue weighted by Gasteiger charge is 2.30. The Morgan fingerprint density at radius 3 is 2.12 bits per heavy atom. The van der Waals surface area contributed by atoms with E-state index >= 15 is 0 Å². The number of nitrogens with zero attached hydrogens (tertiary/aromatic N) is 1. The van der Waals surface area contributed by atoms with Crippen LogP contribution in [0.1, 0.15) is 53.4 Å². The topological polar surface area (TPSA) is 35.5 Å². The lowest BCUT2D eigenvalue weighted by molar-refractivity contribution is 0.0466. The van der Waals surface area contributed by atoms with E-state index in [1.807, 2.05) is 0 Å². The minimum absolute atomic E-state index is 0.416. The number of hydrogen-bond acceptors (Lipinski definition) is 3. The predicted octanol–water partition coefficient (Wildman–Crippen LogP) is 2.00. The maximum atomic E-state index is 10.2. The zero-order chi connectivity index (χ0) is 12.9. The van der Waals surface area contributed by atoms with Gasteiger partial charge in [-0.25, -0.2) is 0 Å². The second kappa shape index (κ2) is 6.72. The molecule has 102 valence electrons. The van der Waals surface area contributed by atoms with Gasteiger partial charge in [0.15, 0.2) is 0 Å². The average Bonchev–Trinajstić information content (AvgIpc) is 2.64. The highest BCUT2D eigenvalue weighted by atomic mass is 16.3. The van der Waals surface area contributed by atoms with E-state index in [4.69, 9.17) is 0 Å². The van der Waals surface area contributed by atoms with Crippen molar-refractivity contribution in [1.29, 1.82) is 0 Å². The molecule has 1 saturated carbocycles. The fraction of sp³-hybridized carbons (Fsp3) is 1.00. The van der Waals surface area contributed by atoms with Crippen molar-refractivity contribution >= 4 is 0 Å². The van der Waals surface area contributed by atoms with Crippen LogP contribution in [-0.4, -0.2) is 47.3 Å². The Balaban J connectivity index is 2.18. The Hall–Kier alpha value is -0.120. The zero-order valence-electron chi connectivity index (χ0n) is 12.0. The van der Waals surface area contributed by atoms with E-state index in [0.717, 1.165) is 32.5 Å². The molecule has 3 nitrogen and oxygen atoms in total. The molecule has 1 aliphatic carbocycles. The molecule has 0 bridgehead atoms. The van der Waals surface area contributed by atoms with E-state index in [9.17, 15) is 5.11 Å². The van der Waals surface area contributed by atoms with E-state index in [0.29, 0.717) is 12.1 Å². The molecule has 0 aromatic carbocycles. The lowest BCUT2D eigenvalue weighted by Crippen LogP contribution is -2.44. The first kappa shape index (κ1) is 14.9. The molecule has 0 aromatic rings. The standard InChI is InChI=1S/C14H30N2O/c1-12(2)16(13(3)4)10-9-15-11-14(17)7-5-6-8-14/h12-13,15,17H,5-11H2,1-4H3. The van der Waals surface area contributed by atoms with Crippen molar-refractivity contribution < 1.29 is 5.11 Å². The molecule has 3 heteroatoms. The van der Waals surface area contributed by atoms with Crippen LogP contribution in [-0.2, 0) is 0 Å². The maximum absolute atomic E-state index is 10.2. The van der Waals surface area contributed by atoms with Gasteiger partial charge in [0.25, 0.3) is 0 Å². The average molecular weight is 242 g/mol. The predicted molar refractivity (Wildman–Crippen MR) is 73.3 cm³/mol. The third kappa shape index (κ3) is 4.94. The molecule has 0 unspecified atom stereocenters. The molecule has 0 aromatic heterocycles. The van der Waals surface area contributed by atoms with Gasteiger partial charge in [0.05, 0.1) is 5.60 Å². The summed E-state index contributed by atoms with van der Waals surface area (Å²) in [6.45, 7) is 11.8. The van der Waals surface area contributed by atoms with Gasteiger partial charge in [0, 0.05) is 31.7 Å². The van der Waals surface area contributed by atoms with Gasteiger partial charge >= 0.3 is 0 Å². The fourth-order valence-corrected chi connectivity index (χ4v) is 2.85. The van der Waals surface area contributed by atoms with E-state index in [-0.39, 0.29) is 0 Å². The molecule has 17 heavy (non-hydrogen) atoms.